The summed E-state index contributed by atoms with van der Waals surface area (Å²) in [4.78, 5) is 27.0. The third kappa shape index (κ3) is 4.24. The third-order valence-electron chi connectivity index (χ3n) is 5.06. The second-order valence-electron chi connectivity index (χ2n) is 7.21. The number of carbonyl (C=O) groups excluding carboxylic acids is 2. The average Bonchev–Trinajstić information content (AvgIpc) is 3.30. The Morgan fingerprint density at radius 2 is 1.93 bits per heavy atom. The molecule has 1 saturated heterocycles. The van der Waals surface area contributed by atoms with Crippen molar-refractivity contribution in [1.82, 2.24) is 9.78 Å². The molecule has 6 nitrogen and oxygen atoms in total. The fourth-order valence-corrected chi connectivity index (χ4v) is 3.95. The molecule has 1 unspecified atom stereocenters. The summed E-state index contributed by atoms with van der Waals surface area (Å²) in [5.41, 5.74) is 3.09. The number of nitrogens with one attached hydrogen (secondary N) is 1. The predicted octanol–water partition coefficient (Wildman–Crippen LogP) is 3.99. The molecule has 148 valence electrons. The van der Waals surface area contributed by atoms with E-state index < -0.39 is 5.92 Å². The minimum absolute atomic E-state index is 0.0507. The van der Waals surface area contributed by atoms with Crippen molar-refractivity contribution in [3.05, 3.63) is 76.4 Å². The first-order valence-corrected chi connectivity index (χ1v) is 10.2. The van der Waals surface area contributed by atoms with E-state index >= 15 is 0 Å². The van der Waals surface area contributed by atoms with Crippen LogP contribution < -0.4 is 10.2 Å². The number of benzene rings is 2. The second-order valence-corrected chi connectivity index (χ2v) is 8.06. The Bertz CT molecular complexity index is 1040. The van der Waals surface area contributed by atoms with Crippen LogP contribution in [-0.4, -0.2) is 28.1 Å². The van der Waals surface area contributed by atoms with Crippen molar-refractivity contribution < 1.29 is 9.59 Å². The topological polar surface area (TPSA) is 67.2 Å². The van der Waals surface area contributed by atoms with Gasteiger partial charge in [-0.15, -0.1) is 0 Å². The Morgan fingerprint density at radius 3 is 2.69 bits per heavy atom. The fraction of sp³-hybridized carbons (Fsp3) is 0.227. The normalized spacial score (nSPS) is 16.3. The molecule has 1 fully saturated rings. The first-order chi connectivity index (χ1) is 14.0. The molecule has 1 aromatic heterocycles. The van der Waals surface area contributed by atoms with E-state index in [2.05, 4.69) is 38.5 Å². The van der Waals surface area contributed by atoms with E-state index in [4.69, 9.17) is 0 Å². The Morgan fingerprint density at radius 1 is 1.17 bits per heavy atom. The summed E-state index contributed by atoms with van der Waals surface area (Å²) in [5.74, 6) is 0.00321. The van der Waals surface area contributed by atoms with Crippen LogP contribution in [0.2, 0.25) is 0 Å². The molecule has 1 aliphatic rings. The van der Waals surface area contributed by atoms with Crippen LogP contribution in [0.3, 0.4) is 0 Å². The van der Waals surface area contributed by atoms with Crippen molar-refractivity contribution in [2.45, 2.75) is 19.9 Å². The van der Waals surface area contributed by atoms with Crippen LogP contribution in [0.25, 0.3) is 0 Å². The maximum Gasteiger partial charge on any atom is 0.230 e. The van der Waals surface area contributed by atoms with Crippen molar-refractivity contribution in [2.75, 3.05) is 16.8 Å². The zero-order chi connectivity index (χ0) is 20.4. The fourth-order valence-electron chi connectivity index (χ4n) is 3.45. The van der Waals surface area contributed by atoms with Gasteiger partial charge in [0.05, 0.1) is 24.3 Å². The Kier molecular flexibility index (Phi) is 5.49. The Labute approximate surface area is 177 Å². The molecule has 29 heavy (non-hydrogen) atoms. The van der Waals surface area contributed by atoms with Crippen LogP contribution in [0.15, 0.2) is 65.3 Å². The van der Waals surface area contributed by atoms with Crippen LogP contribution in [0.1, 0.15) is 17.5 Å². The monoisotopic (exact) mass is 452 g/mol. The highest BCUT2D eigenvalue weighted by Crippen LogP contribution is 2.31. The number of halogens is 1. The molecule has 0 radical (unpaired) electrons. The number of rotatable bonds is 5. The van der Waals surface area contributed by atoms with Gasteiger partial charge in [-0.2, -0.15) is 5.10 Å². The number of hydrogen-bond donors (Lipinski definition) is 1. The summed E-state index contributed by atoms with van der Waals surface area (Å²) in [6, 6.07) is 17.5. The van der Waals surface area contributed by atoms with Crippen LogP contribution in [-0.2, 0) is 16.1 Å². The van der Waals surface area contributed by atoms with E-state index in [0.717, 1.165) is 15.7 Å². The van der Waals surface area contributed by atoms with Crippen molar-refractivity contribution in [3.8, 4) is 0 Å². The van der Waals surface area contributed by atoms with Gasteiger partial charge in [0.25, 0.3) is 0 Å². The first kappa shape index (κ1) is 19.4. The SMILES string of the molecule is Cc1ccc(Cn2nccc2NC(=O)C2CC(=O)N(c3ccccc3Br)C2)cc1. The summed E-state index contributed by atoms with van der Waals surface area (Å²) in [6.45, 7) is 2.97. The van der Waals surface area contributed by atoms with E-state index in [1.807, 2.05) is 43.3 Å². The molecule has 1 aliphatic heterocycles. The number of carbonyl (C=O) groups is 2. The van der Waals surface area contributed by atoms with Gasteiger partial charge in [-0.05, 0) is 40.5 Å². The van der Waals surface area contributed by atoms with Gasteiger partial charge in [-0.1, -0.05) is 42.0 Å². The van der Waals surface area contributed by atoms with Crippen molar-refractivity contribution in [2.24, 2.45) is 5.92 Å². The minimum Gasteiger partial charge on any atom is -0.311 e. The lowest BCUT2D eigenvalue weighted by molar-refractivity contribution is -0.122. The van der Waals surface area contributed by atoms with Gasteiger partial charge in [0.2, 0.25) is 11.8 Å². The van der Waals surface area contributed by atoms with Crippen molar-refractivity contribution in [3.63, 3.8) is 0 Å². The molecule has 7 heteroatoms. The summed E-state index contributed by atoms with van der Waals surface area (Å²) < 4.78 is 2.59. The predicted molar refractivity (Wildman–Crippen MR) is 116 cm³/mol. The van der Waals surface area contributed by atoms with E-state index in [1.165, 1.54) is 5.56 Å². The smallest absolute Gasteiger partial charge is 0.230 e. The molecule has 2 amide bonds. The number of aryl methyl sites for hydroxylation is 1. The molecule has 1 atom stereocenters. The minimum atomic E-state index is -0.405. The highest BCUT2D eigenvalue weighted by Gasteiger charge is 2.36. The van der Waals surface area contributed by atoms with Crippen molar-refractivity contribution in [1.29, 1.82) is 0 Å². The van der Waals surface area contributed by atoms with Crippen molar-refractivity contribution >= 4 is 39.2 Å². The lowest BCUT2D eigenvalue weighted by Crippen LogP contribution is -2.29. The lowest BCUT2D eigenvalue weighted by atomic mass is 10.1. The molecule has 4 rings (SSSR count). The third-order valence-corrected chi connectivity index (χ3v) is 5.73. The average molecular weight is 453 g/mol. The standard InChI is InChI=1S/C22H21BrN4O2/c1-15-6-8-16(9-7-15)13-27-20(10-11-24-27)25-22(29)17-12-21(28)26(14-17)19-5-3-2-4-18(19)23/h2-11,17H,12-14H2,1H3,(H,25,29). The zero-order valence-electron chi connectivity index (χ0n) is 16.0. The quantitative estimate of drug-likeness (QED) is 0.635. The molecule has 1 N–H and O–H groups in total. The molecule has 2 heterocycles. The second kappa shape index (κ2) is 8.21. The molecule has 2 aromatic carbocycles. The molecule has 0 spiro atoms. The van der Waals surface area contributed by atoms with E-state index in [-0.39, 0.29) is 18.2 Å². The number of aromatic nitrogens is 2. The molecular weight excluding hydrogens is 432 g/mol. The zero-order valence-corrected chi connectivity index (χ0v) is 17.6. The van der Waals surface area contributed by atoms with Gasteiger partial charge in [0.1, 0.15) is 5.82 Å². The van der Waals surface area contributed by atoms with Gasteiger partial charge in [0.15, 0.2) is 0 Å². The highest BCUT2D eigenvalue weighted by molar-refractivity contribution is 9.10. The lowest BCUT2D eigenvalue weighted by Gasteiger charge is -2.18. The van der Waals surface area contributed by atoms with Gasteiger partial charge in [-0.3, -0.25) is 9.59 Å². The van der Waals surface area contributed by atoms with Crippen LogP contribution in [0.4, 0.5) is 11.5 Å². The maximum absolute atomic E-state index is 12.8. The number of hydrogen-bond acceptors (Lipinski definition) is 3. The highest BCUT2D eigenvalue weighted by atomic mass is 79.9. The van der Waals surface area contributed by atoms with Crippen LogP contribution in [0.5, 0.6) is 0 Å². The summed E-state index contributed by atoms with van der Waals surface area (Å²) in [7, 11) is 0. The number of amides is 2. The van der Waals surface area contributed by atoms with Crippen LogP contribution in [0, 0.1) is 12.8 Å². The molecule has 3 aromatic rings. The summed E-state index contributed by atoms with van der Waals surface area (Å²) in [6.07, 6.45) is 1.86. The van der Waals surface area contributed by atoms with Gasteiger partial charge >= 0.3 is 0 Å². The Hall–Kier alpha value is -2.93. The molecular formula is C22H21BrN4O2. The number of para-hydroxylation sites is 1. The van der Waals surface area contributed by atoms with E-state index in [9.17, 15) is 9.59 Å². The maximum atomic E-state index is 12.8. The number of nitrogens with zero attached hydrogens (tertiary/aromatic N) is 3. The van der Waals surface area contributed by atoms with Crippen LogP contribution >= 0.6 is 15.9 Å². The first-order valence-electron chi connectivity index (χ1n) is 9.44. The van der Waals surface area contributed by atoms with Gasteiger partial charge in [-0.25, -0.2) is 4.68 Å². The van der Waals surface area contributed by atoms with Gasteiger partial charge < -0.3 is 10.2 Å². The number of anilines is 2. The molecule has 0 aliphatic carbocycles. The molecule has 0 saturated carbocycles. The van der Waals surface area contributed by atoms with Gasteiger partial charge in [0, 0.05) is 23.5 Å². The Balaban J connectivity index is 1.44. The van der Waals surface area contributed by atoms with E-state index in [0.29, 0.717) is 18.9 Å². The largest absolute Gasteiger partial charge is 0.311 e. The summed E-state index contributed by atoms with van der Waals surface area (Å²) in [5, 5.41) is 7.26. The van der Waals surface area contributed by atoms with E-state index in [1.54, 1.807) is 21.8 Å². The summed E-state index contributed by atoms with van der Waals surface area (Å²) >= 11 is 3.48. The molecule has 0 bridgehead atoms.